The molecule has 1 unspecified atom stereocenters. The van der Waals surface area contributed by atoms with Crippen LogP contribution in [0.3, 0.4) is 0 Å². The average Bonchev–Trinajstić information content (AvgIpc) is 2.60. The van der Waals surface area contributed by atoms with Crippen molar-refractivity contribution in [3.05, 3.63) is 59.7 Å². The van der Waals surface area contributed by atoms with Gasteiger partial charge in [0.2, 0.25) is 0 Å². The number of hydrogen-bond acceptors (Lipinski definition) is 3. The van der Waals surface area contributed by atoms with E-state index in [-0.39, 0.29) is 0 Å². The Bertz CT molecular complexity index is 583. The summed E-state index contributed by atoms with van der Waals surface area (Å²) in [5.74, 6) is 1.65. The zero-order valence-corrected chi connectivity index (χ0v) is 14.3. The van der Waals surface area contributed by atoms with Crippen LogP contribution in [-0.2, 0) is 13.2 Å². The maximum Gasteiger partial charge on any atom is 0.166 e. The Morgan fingerprint density at radius 2 is 1.74 bits per heavy atom. The van der Waals surface area contributed by atoms with Crippen molar-refractivity contribution < 1.29 is 9.47 Å². The van der Waals surface area contributed by atoms with Crippen LogP contribution in [-0.4, -0.2) is 12.6 Å². The van der Waals surface area contributed by atoms with Crippen LogP contribution in [0.15, 0.2) is 48.5 Å². The summed E-state index contributed by atoms with van der Waals surface area (Å²) in [5, 5.41) is 3.52. The molecule has 1 atom stereocenters. The normalized spacial score (nSPS) is 12.0. The number of nitrogens with one attached hydrogen (secondary N) is 1. The molecule has 0 aromatic heterocycles. The van der Waals surface area contributed by atoms with Gasteiger partial charge in [-0.1, -0.05) is 49.4 Å². The molecular weight excluding hydrogens is 286 g/mol. The van der Waals surface area contributed by atoms with Crippen LogP contribution < -0.4 is 14.8 Å². The van der Waals surface area contributed by atoms with Crippen LogP contribution in [0.25, 0.3) is 0 Å². The van der Waals surface area contributed by atoms with Crippen LogP contribution in [0.1, 0.15) is 38.3 Å². The van der Waals surface area contributed by atoms with Crippen LogP contribution in [0, 0.1) is 0 Å². The predicted octanol–water partition coefficient (Wildman–Crippen LogP) is 4.55. The van der Waals surface area contributed by atoms with E-state index in [1.807, 2.05) is 37.3 Å². The molecule has 0 aliphatic rings. The average molecular weight is 313 g/mol. The molecule has 0 aliphatic heterocycles. The molecule has 3 nitrogen and oxygen atoms in total. The summed E-state index contributed by atoms with van der Waals surface area (Å²) in [6, 6.07) is 16.8. The number of hydrogen-bond donors (Lipinski definition) is 1. The van der Waals surface area contributed by atoms with E-state index >= 15 is 0 Å². The fraction of sp³-hybridized carbons (Fsp3) is 0.400. The first-order chi connectivity index (χ1) is 11.2. The molecule has 2 rings (SSSR count). The maximum absolute atomic E-state index is 6.11. The van der Waals surface area contributed by atoms with Crippen molar-refractivity contribution >= 4 is 0 Å². The van der Waals surface area contributed by atoms with Crippen LogP contribution in [0.4, 0.5) is 0 Å². The molecule has 1 N–H and O–H groups in total. The summed E-state index contributed by atoms with van der Waals surface area (Å²) >= 11 is 0. The van der Waals surface area contributed by atoms with Gasteiger partial charge in [-0.2, -0.15) is 0 Å². The largest absolute Gasteiger partial charge is 0.490 e. The quantitative estimate of drug-likeness (QED) is 0.736. The molecule has 0 spiro atoms. The van der Waals surface area contributed by atoms with E-state index in [0.29, 0.717) is 19.3 Å². The maximum atomic E-state index is 6.11. The number of benzene rings is 2. The summed E-state index contributed by atoms with van der Waals surface area (Å²) in [6.45, 7) is 8.31. The monoisotopic (exact) mass is 313 g/mol. The Kier molecular flexibility index (Phi) is 6.95. The number of ether oxygens (including phenoxy) is 2. The van der Waals surface area contributed by atoms with Gasteiger partial charge in [0.15, 0.2) is 11.5 Å². The Morgan fingerprint density at radius 1 is 0.957 bits per heavy atom. The van der Waals surface area contributed by atoms with Gasteiger partial charge in [-0.3, -0.25) is 0 Å². The first kappa shape index (κ1) is 17.4. The van der Waals surface area contributed by atoms with Gasteiger partial charge in [0.25, 0.3) is 0 Å². The molecule has 0 bridgehead atoms. The summed E-state index contributed by atoms with van der Waals surface area (Å²) in [6.07, 6.45) is 1.10. The van der Waals surface area contributed by atoms with Crippen molar-refractivity contribution in [1.29, 1.82) is 0 Å². The summed E-state index contributed by atoms with van der Waals surface area (Å²) < 4.78 is 11.9. The highest BCUT2D eigenvalue weighted by atomic mass is 16.5. The molecule has 0 saturated heterocycles. The molecule has 0 fully saturated rings. The van der Waals surface area contributed by atoms with Gasteiger partial charge >= 0.3 is 0 Å². The second-order valence-corrected chi connectivity index (χ2v) is 5.64. The van der Waals surface area contributed by atoms with E-state index in [4.69, 9.17) is 9.47 Å². The molecule has 2 aromatic carbocycles. The third-order valence-corrected chi connectivity index (χ3v) is 3.84. The molecule has 2 aromatic rings. The van der Waals surface area contributed by atoms with Gasteiger partial charge in [-0.15, -0.1) is 0 Å². The molecule has 23 heavy (non-hydrogen) atoms. The summed E-state index contributed by atoms with van der Waals surface area (Å²) in [4.78, 5) is 0. The first-order valence-electron chi connectivity index (χ1n) is 8.39. The topological polar surface area (TPSA) is 30.5 Å². The van der Waals surface area contributed by atoms with E-state index in [1.165, 1.54) is 0 Å². The first-order valence-corrected chi connectivity index (χ1v) is 8.39. The summed E-state index contributed by atoms with van der Waals surface area (Å²) in [5.41, 5.74) is 2.28. The van der Waals surface area contributed by atoms with Crippen molar-refractivity contribution in [2.24, 2.45) is 0 Å². The highest BCUT2D eigenvalue weighted by Crippen LogP contribution is 2.32. The lowest BCUT2D eigenvalue weighted by atomic mass is 10.1. The van der Waals surface area contributed by atoms with E-state index in [1.54, 1.807) is 0 Å². The molecule has 0 aliphatic carbocycles. The molecule has 0 radical (unpaired) electrons. The van der Waals surface area contributed by atoms with Gasteiger partial charge < -0.3 is 14.8 Å². The van der Waals surface area contributed by atoms with E-state index < -0.39 is 0 Å². The Morgan fingerprint density at radius 3 is 2.43 bits per heavy atom. The van der Waals surface area contributed by atoms with Crippen molar-refractivity contribution in [2.75, 3.05) is 6.61 Å². The fourth-order valence-corrected chi connectivity index (χ4v) is 2.29. The molecule has 124 valence electrons. The van der Waals surface area contributed by atoms with Gasteiger partial charge in [0, 0.05) is 18.2 Å². The third kappa shape index (κ3) is 5.29. The van der Waals surface area contributed by atoms with Crippen LogP contribution in [0.2, 0.25) is 0 Å². The minimum Gasteiger partial charge on any atom is -0.490 e. The van der Waals surface area contributed by atoms with Crippen molar-refractivity contribution in [3.8, 4) is 11.5 Å². The molecule has 0 amide bonds. The number of para-hydroxylation sites is 1. The zero-order chi connectivity index (χ0) is 16.5. The molecular formula is C20H27NO2. The summed E-state index contributed by atoms with van der Waals surface area (Å²) in [7, 11) is 0. The minimum atomic E-state index is 0.479. The van der Waals surface area contributed by atoms with Crippen molar-refractivity contribution in [1.82, 2.24) is 5.32 Å². The van der Waals surface area contributed by atoms with Gasteiger partial charge in [0.1, 0.15) is 6.61 Å². The molecule has 0 saturated carbocycles. The van der Waals surface area contributed by atoms with E-state index in [2.05, 4.69) is 37.4 Å². The fourth-order valence-electron chi connectivity index (χ4n) is 2.29. The second-order valence-electron chi connectivity index (χ2n) is 5.64. The van der Waals surface area contributed by atoms with Gasteiger partial charge in [0.05, 0.1) is 6.61 Å². The van der Waals surface area contributed by atoms with Gasteiger partial charge in [-0.05, 0) is 31.9 Å². The standard InChI is InChI=1S/C20H27NO2/c1-4-16(3)21-14-18-12-9-13-19(22-5-2)20(18)23-15-17-10-7-6-8-11-17/h6-13,16,21H,4-5,14-15H2,1-3H3. The molecule has 3 heteroatoms. The lowest BCUT2D eigenvalue weighted by Gasteiger charge is -2.18. The number of rotatable bonds is 9. The second kappa shape index (κ2) is 9.21. The minimum absolute atomic E-state index is 0.479. The SMILES string of the molecule is CCOc1cccc(CNC(C)CC)c1OCc1ccccc1. The highest BCUT2D eigenvalue weighted by Gasteiger charge is 2.12. The van der Waals surface area contributed by atoms with E-state index in [9.17, 15) is 0 Å². The zero-order valence-electron chi connectivity index (χ0n) is 14.3. The highest BCUT2D eigenvalue weighted by molar-refractivity contribution is 5.46. The smallest absolute Gasteiger partial charge is 0.166 e. The molecule has 0 heterocycles. The Labute approximate surface area is 139 Å². The Hall–Kier alpha value is -2.00. The third-order valence-electron chi connectivity index (χ3n) is 3.84. The van der Waals surface area contributed by atoms with Crippen LogP contribution >= 0.6 is 0 Å². The van der Waals surface area contributed by atoms with E-state index in [0.717, 1.165) is 35.6 Å². The Balaban J connectivity index is 2.15. The van der Waals surface area contributed by atoms with Crippen LogP contribution in [0.5, 0.6) is 11.5 Å². The lowest BCUT2D eigenvalue weighted by molar-refractivity contribution is 0.265. The van der Waals surface area contributed by atoms with Gasteiger partial charge in [-0.25, -0.2) is 0 Å². The predicted molar refractivity (Wildman–Crippen MR) is 95.0 cm³/mol. The van der Waals surface area contributed by atoms with Crippen molar-refractivity contribution in [2.45, 2.75) is 46.4 Å². The van der Waals surface area contributed by atoms with Crippen molar-refractivity contribution in [3.63, 3.8) is 0 Å². The lowest BCUT2D eigenvalue weighted by Crippen LogP contribution is -2.24.